The lowest BCUT2D eigenvalue weighted by Crippen LogP contribution is -2.42. The average Bonchev–Trinajstić information content (AvgIpc) is 2.31. The fraction of sp³-hybridized carbons (Fsp3) is 1.00. The summed E-state index contributed by atoms with van der Waals surface area (Å²) in [5.74, 6) is 0.224. The first kappa shape index (κ1) is 22.5. The van der Waals surface area contributed by atoms with E-state index in [1.807, 2.05) is 6.92 Å². The molecule has 0 fully saturated rings. The van der Waals surface area contributed by atoms with Gasteiger partial charge in [-0.05, 0) is 37.4 Å². The quantitative estimate of drug-likeness (QED) is 0.383. The van der Waals surface area contributed by atoms with Crippen LogP contribution in [-0.4, -0.2) is 41.7 Å². The molecule has 0 heterocycles. The molecule has 5 nitrogen and oxygen atoms in total. The van der Waals surface area contributed by atoms with Crippen LogP contribution in [0.25, 0.3) is 0 Å². The van der Waals surface area contributed by atoms with Crippen LogP contribution in [0.4, 0.5) is 0 Å². The molecule has 0 aromatic carbocycles. The minimum Gasteiger partial charge on any atom is -0.417 e. The molecule has 0 aromatic rings. The Hall–Kier alpha value is 0.477. The predicted octanol–water partition coefficient (Wildman–Crippen LogP) is 3.15. The standard InChI is InChI=1S/C14H34NO4PSSi/c1-11(10-18-22(7,8)14(3,4)5)9-13(12(2)15-20)19-21(6,16)17/h11-13,15H,9-10,20H2,1-8H3/t11-,12+,13-/m1/s1. The monoisotopic (exact) mass is 371 g/mol. The van der Waals surface area contributed by atoms with E-state index >= 15 is 0 Å². The van der Waals surface area contributed by atoms with E-state index in [1.54, 1.807) is 0 Å². The maximum absolute atomic E-state index is 11.4. The van der Waals surface area contributed by atoms with Crippen molar-refractivity contribution in [2.75, 3.05) is 12.9 Å². The highest BCUT2D eigenvalue weighted by Gasteiger charge is 2.37. The molecule has 0 aromatic heterocycles. The van der Waals surface area contributed by atoms with Crippen molar-refractivity contribution < 1.29 is 17.0 Å². The fourth-order valence-corrected chi connectivity index (χ4v) is 3.73. The molecule has 0 spiro atoms. The molecule has 0 bridgehead atoms. The van der Waals surface area contributed by atoms with Gasteiger partial charge in [0.1, 0.15) is 0 Å². The van der Waals surface area contributed by atoms with Gasteiger partial charge in [0.15, 0.2) is 8.32 Å². The minimum absolute atomic E-state index is 0.0740. The minimum atomic E-state index is -3.47. The molecule has 4 atom stereocenters. The molecule has 1 unspecified atom stereocenters. The van der Waals surface area contributed by atoms with Gasteiger partial charge in [0.05, 0.1) is 12.4 Å². The molecule has 0 aliphatic heterocycles. The lowest BCUT2D eigenvalue weighted by atomic mass is 10.0. The molecule has 1 N–H and O–H groups in total. The third kappa shape index (κ3) is 8.36. The highest BCUT2D eigenvalue weighted by molar-refractivity contribution is 7.86. The Bertz CT molecular complexity index is 437. The van der Waals surface area contributed by atoms with Crippen LogP contribution in [0.5, 0.6) is 0 Å². The third-order valence-corrected chi connectivity index (χ3v) is 9.91. The third-order valence-electron chi connectivity index (χ3n) is 4.29. The molecule has 0 aliphatic carbocycles. The van der Waals surface area contributed by atoms with Crippen LogP contribution in [0.1, 0.15) is 41.0 Å². The molecule has 0 radical (unpaired) electrons. The zero-order valence-corrected chi connectivity index (χ0v) is 18.2. The molecule has 0 aliphatic rings. The SMILES string of the molecule is C[C@@H](CO[Si](C)(C)C(C)(C)C)C[C@@H](OS(C)(=O)=O)[C@H](C)NP. The summed E-state index contributed by atoms with van der Waals surface area (Å²) >= 11 is 0. The summed E-state index contributed by atoms with van der Waals surface area (Å²) in [5, 5.41) is 3.16. The first-order valence-corrected chi connectivity index (χ1v) is 13.0. The van der Waals surface area contributed by atoms with Crippen molar-refractivity contribution in [1.82, 2.24) is 5.09 Å². The second kappa shape index (κ2) is 8.54. The van der Waals surface area contributed by atoms with Crippen LogP contribution in [0.15, 0.2) is 0 Å². The predicted molar refractivity (Wildman–Crippen MR) is 99.0 cm³/mol. The zero-order valence-electron chi connectivity index (χ0n) is 15.3. The van der Waals surface area contributed by atoms with Crippen LogP contribution in [0.2, 0.25) is 18.1 Å². The Kier molecular flexibility index (Phi) is 8.72. The Morgan fingerprint density at radius 1 is 1.23 bits per heavy atom. The molecular formula is C14H34NO4PSSi. The summed E-state index contributed by atoms with van der Waals surface area (Å²) < 4.78 is 34.2. The maximum Gasteiger partial charge on any atom is 0.264 e. The van der Waals surface area contributed by atoms with Gasteiger partial charge in [-0.15, -0.1) is 0 Å². The molecular weight excluding hydrogens is 337 g/mol. The van der Waals surface area contributed by atoms with E-state index in [1.165, 1.54) is 0 Å². The summed E-state index contributed by atoms with van der Waals surface area (Å²) in [6.07, 6.45) is 1.32. The molecule has 134 valence electrons. The highest BCUT2D eigenvalue weighted by Crippen LogP contribution is 2.37. The van der Waals surface area contributed by atoms with Crippen molar-refractivity contribution in [3.63, 3.8) is 0 Å². The van der Waals surface area contributed by atoms with Crippen LogP contribution in [0.3, 0.4) is 0 Å². The number of hydrogen-bond acceptors (Lipinski definition) is 5. The van der Waals surface area contributed by atoms with Crippen molar-refractivity contribution in [1.29, 1.82) is 0 Å². The molecule has 8 heteroatoms. The lowest BCUT2D eigenvalue weighted by molar-refractivity contribution is 0.129. The maximum atomic E-state index is 11.4. The van der Waals surface area contributed by atoms with Crippen LogP contribution >= 0.6 is 9.39 Å². The van der Waals surface area contributed by atoms with Gasteiger partial charge in [0.2, 0.25) is 0 Å². The summed E-state index contributed by atoms with van der Waals surface area (Å²) in [7, 11) is -2.84. The van der Waals surface area contributed by atoms with E-state index in [4.69, 9.17) is 8.61 Å². The summed E-state index contributed by atoms with van der Waals surface area (Å²) in [5.41, 5.74) is 0. The Morgan fingerprint density at radius 3 is 2.09 bits per heavy atom. The largest absolute Gasteiger partial charge is 0.417 e. The van der Waals surface area contributed by atoms with Crippen molar-refractivity contribution >= 4 is 27.8 Å². The first-order valence-electron chi connectivity index (χ1n) is 7.68. The molecule has 0 rings (SSSR count). The van der Waals surface area contributed by atoms with Gasteiger partial charge in [0.25, 0.3) is 10.1 Å². The first-order chi connectivity index (χ1) is 9.69. The Morgan fingerprint density at radius 2 is 1.73 bits per heavy atom. The number of hydrogen-bond donors (Lipinski definition) is 1. The summed E-state index contributed by atoms with van der Waals surface area (Å²) in [4.78, 5) is 0. The average molecular weight is 372 g/mol. The van der Waals surface area contributed by atoms with Crippen molar-refractivity contribution in [2.45, 2.75) is 71.3 Å². The Balaban J connectivity index is 4.68. The van der Waals surface area contributed by atoms with Gasteiger partial charge in [-0.2, -0.15) is 8.42 Å². The second-order valence-corrected chi connectivity index (χ2v) is 14.4. The number of rotatable bonds is 9. The van der Waals surface area contributed by atoms with Crippen LogP contribution in [0, 0.1) is 5.92 Å². The van der Waals surface area contributed by atoms with Gasteiger partial charge in [-0.3, -0.25) is 9.27 Å². The van der Waals surface area contributed by atoms with Gasteiger partial charge < -0.3 is 4.43 Å². The van der Waals surface area contributed by atoms with E-state index in [0.29, 0.717) is 13.0 Å². The number of nitrogens with one attached hydrogen (secondary N) is 1. The van der Waals surface area contributed by atoms with Crippen molar-refractivity contribution in [3.05, 3.63) is 0 Å². The molecule has 22 heavy (non-hydrogen) atoms. The van der Waals surface area contributed by atoms with E-state index < -0.39 is 24.5 Å². The van der Waals surface area contributed by atoms with Crippen LogP contribution < -0.4 is 5.09 Å². The van der Waals surface area contributed by atoms with Crippen molar-refractivity contribution in [3.8, 4) is 0 Å². The van der Waals surface area contributed by atoms with Crippen LogP contribution in [-0.2, 0) is 18.7 Å². The van der Waals surface area contributed by atoms with Gasteiger partial charge in [-0.25, -0.2) is 0 Å². The topological polar surface area (TPSA) is 64.6 Å². The zero-order chi connectivity index (χ0) is 17.8. The summed E-state index contributed by atoms with van der Waals surface area (Å²) in [6.45, 7) is 15.7. The highest BCUT2D eigenvalue weighted by atomic mass is 32.2. The van der Waals surface area contributed by atoms with E-state index in [0.717, 1.165) is 6.26 Å². The normalized spacial score (nSPS) is 18.0. The van der Waals surface area contributed by atoms with E-state index in [9.17, 15) is 8.42 Å². The summed E-state index contributed by atoms with van der Waals surface area (Å²) in [6, 6.07) is -0.0740. The second-order valence-electron chi connectivity index (χ2n) is 7.71. The van der Waals surface area contributed by atoms with Gasteiger partial charge in [0, 0.05) is 12.6 Å². The smallest absolute Gasteiger partial charge is 0.264 e. The van der Waals surface area contributed by atoms with Gasteiger partial charge >= 0.3 is 0 Å². The van der Waals surface area contributed by atoms with Gasteiger partial charge in [-0.1, -0.05) is 37.1 Å². The molecule has 0 saturated carbocycles. The fourth-order valence-electron chi connectivity index (χ4n) is 1.69. The lowest BCUT2D eigenvalue weighted by Gasteiger charge is -2.37. The Labute approximate surface area is 140 Å². The van der Waals surface area contributed by atoms with E-state index in [-0.39, 0.29) is 17.0 Å². The van der Waals surface area contributed by atoms with E-state index in [2.05, 4.69) is 55.3 Å². The molecule has 0 saturated heterocycles. The van der Waals surface area contributed by atoms with Crippen molar-refractivity contribution in [2.24, 2.45) is 5.92 Å². The molecule has 0 amide bonds.